The molecule has 1 atom stereocenters. The second kappa shape index (κ2) is 4.43. The monoisotopic (exact) mass is 222 g/mol. The quantitative estimate of drug-likeness (QED) is 0.728. The van der Waals surface area contributed by atoms with Gasteiger partial charge in [0.15, 0.2) is 0 Å². The molecule has 4 heteroatoms. The topological polar surface area (TPSA) is 44.8 Å². The summed E-state index contributed by atoms with van der Waals surface area (Å²) < 4.78 is 15.4. The third-order valence-corrected chi connectivity index (χ3v) is 2.63. The van der Waals surface area contributed by atoms with Crippen molar-refractivity contribution >= 4 is 5.97 Å². The van der Waals surface area contributed by atoms with E-state index in [2.05, 4.69) is 4.74 Å². The average Bonchev–Trinajstić information content (AvgIpc) is 2.69. The lowest BCUT2D eigenvalue weighted by Gasteiger charge is -2.08. The number of hydrogen-bond donors (Lipinski definition) is 0. The predicted octanol–water partition coefficient (Wildman–Crippen LogP) is 1.56. The van der Waals surface area contributed by atoms with Crippen LogP contribution in [0.15, 0.2) is 18.2 Å². The number of fused-ring (bicyclic) bond motifs is 1. The van der Waals surface area contributed by atoms with E-state index in [9.17, 15) is 4.79 Å². The Morgan fingerprint density at radius 1 is 1.50 bits per heavy atom. The molecule has 0 aliphatic carbocycles. The number of methoxy groups -OCH3 is 2. The highest BCUT2D eigenvalue weighted by molar-refractivity contribution is 5.70. The van der Waals surface area contributed by atoms with Crippen LogP contribution in [0.3, 0.4) is 0 Å². The SMILES string of the molecule is COC(=O)CC1Cc2cc(OC)ccc2O1. The minimum absolute atomic E-state index is 0.116. The van der Waals surface area contributed by atoms with Crippen molar-refractivity contribution in [1.29, 1.82) is 0 Å². The van der Waals surface area contributed by atoms with E-state index in [4.69, 9.17) is 9.47 Å². The van der Waals surface area contributed by atoms with Gasteiger partial charge in [0.25, 0.3) is 0 Å². The molecule has 0 spiro atoms. The van der Waals surface area contributed by atoms with Crippen LogP contribution in [0.1, 0.15) is 12.0 Å². The molecule has 0 bridgehead atoms. The molecule has 2 rings (SSSR count). The highest BCUT2D eigenvalue weighted by Crippen LogP contribution is 2.32. The lowest BCUT2D eigenvalue weighted by molar-refractivity contribution is -0.142. The summed E-state index contributed by atoms with van der Waals surface area (Å²) in [4.78, 5) is 11.1. The van der Waals surface area contributed by atoms with Crippen LogP contribution in [0.2, 0.25) is 0 Å². The molecule has 4 nitrogen and oxygen atoms in total. The molecule has 86 valence electrons. The Labute approximate surface area is 94.1 Å². The number of benzene rings is 1. The maximum atomic E-state index is 11.1. The van der Waals surface area contributed by atoms with Gasteiger partial charge in [0.05, 0.1) is 20.6 Å². The Hall–Kier alpha value is -1.71. The van der Waals surface area contributed by atoms with Crippen LogP contribution in [0.25, 0.3) is 0 Å². The van der Waals surface area contributed by atoms with Crippen molar-refractivity contribution in [3.8, 4) is 11.5 Å². The zero-order chi connectivity index (χ0) is 11.5. The van der Waals surface area contributed by atoms with Crippen molar-refractivity contribution in [2.24, 2.45) is 0 Å². The first-order chi connectivity index (χ1) is 7.72. The van der Waals surface area contributed by atoms with Crippen molar-refractivity contribution in [2.45, 2.75) is 18.9 Å². The fourth-order valence-electron chi connectivity index (χ4n) is 1.81. The van der Waals surface area contributed by atoms with Crippen LogP contribution in [0.5, 0.6) is 11.5 Å². The van der Waals surface area contributed by atoms with Crippen molar-refractivity contribution in [2.75, 3.05) is 14.2 Å². The second-order valence-electron chi connectivity index (χ2n) is 3.70. The van der Waals surface area contributed by atoms with Gasteiger partial charge in [0.2, 0.25) is 0 Å². The van der Waals surface area contributed by atoms with E-state index in [1.54, 1.807) is 7.11 Å². The lowest BCUT2D eigenvalue weighted by Crippen LogP contribution is -2.18. The minimum Gasteiger partial charge on any atom is -0.497 e. The molecule has 0 amide bonds. The fraction of sp³-hybridized carbons (Fsp3) is 0.417. The maximum absolute atomic E-state index is 11.1. The maximum Gasteiger partial charge on any atom is 0.309 e. The first kappa shape index (κ1) is 10.8. The normalized spacial score (nSPS) is 17.5. The van der Waals surface area contributed by atoms with Crippen molar-refractivity contribution in [1.82, 2.24) is 0 Å². The number of carbonyl (C=O) groups is 1. The standard InChI is InChI=1S/C12H14O4/c1-14-9-3-4-11-8(5-9)6-10(16-11)7-12(13)15-2/h3-5,10H,6-7H2,1-2H3. The van der Waals surface area contributed by atoms with Crippen LogP contribution in [-0.2, 0) is 16.0 Å². The van der Waals surface area contributed by atoms with E-state index in [1.807, 2.05) is 18.2 Å². The Kier molecular flexibility index (Phi) is 2.99. The van der Waals surface area contributed by atoms with E-state index in [0.717, 1.165) is 23.5 Å². The van der Waals surface area contributed by atoms with Crippen molar-refractivity contribution < 1.29 is 19.0 Å². The van der Waals surface area contributed by atoms with E-state index in [0.29, 0.717) is 0 Å². The minimum atomic E-state index is -0.246. The van der Waals surface area contributed by atoms with Gasteiger partial charge in [-0.25, -0.2) is 0 Å². The molecule has 0 fully saturated rings. The Morgan fingerprint density at radius 3 is 3.00 bits per heavy atom. The number of rotatable bonds is 3. The molecule has 1 aromatic rings. The fourth-order valence-corrected chi connectivity index (χ4v) is 1.81. The second-order valence-corrected chi connectivity index (χ2v) is 3.70. The third-order valence-electron chi connectivity index (χ3n) is 2.63. The van der Waals surface area contributed by atoms with E-state index < -0.39 is 0 Å². The van der Waals surface area contributed by atoms with Gasteiger partial charge in [0, 0.05) is 12.0 Å². The first-order valence-electron chi connectivity index (χ1n) is 5.13. The molecule has 1 aliphatic heterocycles. The number of carbonyl (C=O) groups excluding carboxylic acids is 1. The van der Waals surface area contributed by atoms with Crippen molar-refractivity contribution in [3.05, 3.63) is 23.8 Å². The zero-order valence-corrected chi connectivity index (χ0v) is 9.36. The Bertz CT molecular complexity index is 400. The molecular weight excluding hydrogens is 208 g/mol. The molecule has 0 aromatic heterocycles. The van der Waals surface area contributed by atoms with Crippen molar-refractivity contribution in [3.63, 3.8) is 0 Å². The zero-order valence-electron chi connectivity index (χ0n) is 9.36. The smallest absolute Gasteiger partial charge is 0.309 e. The highest BCUT2D eigenvalue weighted by Gasteiger charge is 2.25. The molecule has 0 N–H and O–H groups in total. The van der Waals surface area contributed by atoms with E-state index in [1.165, 1.54) is 7.11 Å². The third kappa shape index (κ3) is 2.10. The number of hydrogen-bond acceptors (Lipinski definition) is 4. The highest BCUT2D eigenvalue weighted by atomic mass is 16.5. The molecule has 16 heavy (non-hydrogen) atoms. The average molecular weight is 222 g/mol. The summed E-state index contributed by atoms with van der Waals surface area (Å²) in [6.45, 7) is 0. The van der Waals surface area contributed by atoms with E-state index >= 15 is 0 Å². The van der Waals surface area contributed by atoms with Gasteiger partial charge in [0.1, 0.15) is 17.6 Å². The van der Waals surface area contributed by atoms with Crippen LogP contribution < -0.4 is 9.47 Å². The van der Waals surface area contributed by atoms with Gasteiger partial charge in [-0.3, -0.25) is 4.79 Å². The van der Waals surface area contributed by atoms with Gasteiger partial charge >= 0.3 is 5.97 Å². The first-order valence-corrected chi connectivity index (χ1v) is 5.13. The largest absolute Gasteiger partial charge is 0.497 e. The summed E-state index contributed by atoms with van der Waals surface area (Å²) in [7, 11) is 3.01. The van der Waals surface area contributed by atoms with Crippen LogP contribution >= 0.6 is 0 Å². The van der Waals surface area contributed by atoms with Gasteiger partial charge in [-0.1, -0.05) is 0 Å². The molecule has 1 aliphatic rings. The Morgan fingerprint density at radius 2 is 2.31 bits per heavy atom. The number of ether oxygens (including phenoxy) is 3. The van der Waals surface area contributed by atoms with Crippen LogP contribution in [-0.4, -0.2) is 26.3 Å². The Balaban J connectivity index is 2.06. The predicted molar refractivity (Wildman–Crippen MR) is 57.7 cm³/mol. The molecule has 1 heterocycles. The summed E-state index contributed by atoms with van der Waals surface area (Å²) in [5.41, 5.74) is 1.08. The lowest BCUT2D eigenvalue weighted by atomic mass is 10.1. The van der Waals surface area contributed by atoms with Gasteiger partial charge in [-0.05, 0) is 18.2 Å². The molecule has 0 saturated heterocycles. The van der Waals surface area contributed by atoms with Gasteiger partial charge < -0.3 is 14.2 Å². The molecule has 1 unspecified atom stereocenters. The summed E-state index contributed by atoms with van der Waals surface area (Å²) in [5.74, 6) is 1.39. The number of esters is 1. The summed E-state index contributed by atoms with van der Waals surface area (Å²) in [5, 5.41) is 0. The summed E-state index contributed by atoms with van der Waals surface area (Å²) >= 11 is 0. The van der Waals surface area contributed by atoms with Crippen LogP contribution in [0, 0.1) is 0 Å². The van der Waals surface area contributed by atoms with Gasteiger partial charge in [-0.15, -0.1) is 0 Å². The van der Waals surface area contributed by atoms with E-state index in [-0.39, 0.29) is 18.5 Å². The summed E-state index contributed by atoms with van der Waals surface area (Å²) in [6.07, 6.45) is 0.893. The van der Waals surface area contributed by atoms with Gasteiger partial charge in [-0.2, -0.15) is 0 Å². The van der Waals surface area contributed by atoms with Crippen LogP contribution in [0.4, 0.5) is 0 Å². The molecule has 0 saturated carbocycles. The molecular formula is C12H14O4. The molecule has 0 radical (unpaired) electrons. The molecule has 1 aromatic carbocycles. The summed E-state index contributed by atoms with van der Waals surface area (Å²) in [6, 6.07) is 5.65.